The van der Waals surface area contributed by atoms with Crippen LogP contribution >= 0.6 is 0 Å². The number of esters is 1. The molecule has 0 fully saturated rings. The van der Waals surface area contributed by atoms with Crippen LogP contribution in [-0.4, -0.2) is 17.0 Å². The summed E-state index contributed by atoms with van der Waals surface area (Å²) < 4.78 is 10.6. The SMILES string of the molecule is Cc1ccc(C)c(NC(=O)[C@H](OC(=O)c2c(C)noc2C)c2ccccc2)c1. The number of benzene rings is 2. The lowest BCUT2D eigenvalue weighted by molar-refractivity contribution is -0.125. The summed E-state index contributed by atoms with van der Waals surface area (Å²) >= 11 is 0. The zero-order valence-corrected chi connectivity index (χ0v) is 16.3. The van der Waals surface area contributed by atoms with Crippen LogP contribution in [0.4, 0.5) is 5.69 Å². The van der Waals surface area contributed by atoms with Gasteiger partial charge in [-0.05, 0) is 44.9 Å². The zero-order chi connectivity index (χ0) is 20.3. The van der Waals surface area contributed by atoms with Crippen molar-refractivity contribution in [3.8, 4) is 0 Å². The van der Waals surface area contributed by atoms with E-state index in [2.05, 4.69) is 10.5 Å². The fourth-order valence-electron chi connectivity index (χ4n) is 2.91. The maximum atomic E-state index is 13.0. The second-order valence-corrected chi connectivity index (χ2v) is 6.70. The van der Waals surface area contributed by atoms with E-state index in [1.165, 1.54) is 0 Å². The summed E-state index contributed by atoms with van der Waals surface area (Å²) in [5.74, 6) is -0.731. The molecule has 2 aromatic carbocycles. The van der Waals surface area contributed by atoms with Crippen molar-refractivity contribution in [2.45, 2.75) is 33.8 Å². The largest absolute Gasteiger partial charge is 0.444 e. The molecule has 0 radical (unpaired) electrons. The molecule has 0 aliphatic rings. The van der Waals surface area contributed by atoms with Crippen molar-refractivity contribution in [1.82, 2.24) is 5.16 Å². The third-order valence-corrected chi connectivity index (χ3v) is 4.45. The summed E-state index contributed by atoms with van der Waals surface area (Å²) in [6.45, 7) is 7.13. The lowest BCUT2D eigenvalue weighted by Crippen LogP contribution is -2.26. The number of aryl methyl sites for hydroxylation is 4. The van der Waals surface area contributed by atoms with Gasteiger partial charge in [0.15, 0.2) is 0 Å². The number of amides is 1. The number of hydrogen-bond acceptors (Lipinski definition) is 5. The molecule has 0 aliphatic carbocycles. The minimum Gasteiger partial charge on any atom is -0.444 e. The predicted molar refractivity (Wildman–Crippen MR) is 105 cm³/mol. The van der Waals surface area contributed by atoms with E-state index in [9.17, 15) is 9.59 Å². The van der Waals surface area contributed by atoms with Crippen LogP contribution in [0, 0.1) is 27.7 Å². The molecule has 3 aromatic rings. The van der Waals surface area contributed by atoms with Crippen LogP contribution in [-0.2, 0) is 9.53 Å². The third-order valence-electron chi connectivity index (χ3n) is 4.45. The van der Waals surface area contributed by atoms with Gasteiger partial charge in [-0.1, -0.05) is 47.6 Å². The number of anilines is 1. The summed E-state index contributed by atoms with van der Waals surface area (Å²) in [6.07, 6.45) is -1.11. The molecule has 6 heteroatoms. The van der Waals surface area contributed by atoms with Gasteiger partial charge < -0.3 is 14.6 Å². The first-order chi connectivity index (χ1) is 13.4. The van der Waals surface area contributed by atoms with Crippen LogP contribution in [0.2, 0.25) is 0 Å². The number of hydrogen-bond donors (Lipinski definition) is 1. The van der Waals surface area contributed by atoms with Gasteiger partial charge in [0, 0.05) is 11.3 Å². The van der Waals surface area contributed by atoms with Crippen molar-refractivity contribution < 1.29 is 18.8 Å². The molecule has 1 heterocycles. The van der Waals surface area contributed by atoms with E-state index < -0.39 is 18.0 Å². The molecule has 28 heavy (non-hydrogen) atoms. The molecule has 0 saturated heterocycles. The first kappa shape index (κ1) is 19.4. The average molecular weight is 378 g/mol. The van der Waals surface area contributed by atoms with Crippen molar-refractivity contribution in [1.29, 1.82) is 0 Å². The topological polar surface area (TPSA) is 81.4 Å². The molecular weight excluding hydrogens is 356 g/mol. The van der Waals surface area contributed by atoms with Crippen LogP contribution in [0.3, 0.4) is 0 Å². The molecule has 0 aliphatic heterocycles. The average Bonchev–Trinajstić information content (AvgIpc) is 3.01. The maximum absolute atomic E-state index is 13.0. The summed E-state index contributed by atoms with van der Waals surface area (Å²) in [5, 5.41) is 6.65. The van der Waals surface area contributed by atoms with E-state index in [4.69, 9.17) is 9.26 Å². The van der Waals surface area contributed by atoms with Gasteiger partial charge in [0.05, 0.1) is 5.69 Å². The number of carbonyl (C=O) groups excluding carboxylic acids is 2. The predicted octanol–water partition coefficient (Wildman–Crippen LogP) is 4.45. The second-order valence-electron chi connectivity index (χ2n) is 6.70. The van der Waals surface area contributed by atoms with E-state index >= 15 is 0 Å². The smallest absolute Gasteiger partial charge is 0.344 e. The number of aromatic nitrogens is 1. The standard InChI is InChI=1S/C22H22N2O4/c1-13-10-11-14(2)18(12-13)23-21(25)20(17-8-6-5-7-9-17)27-22(26)19-15(3)24-28-16(19)4/h5-12,20H,1-4H3,(H,23,25)/t20-/m1/s1. The molecule has 1 aromatic heterocycles. The Bertz CT molecular complexity index is 989. The Morgan fingerprint density at radius 1 is 1.04 bits per heavy atom. The Balaban J connectivity index is 1.90. The fraction of sp³-hybridized carbons (Fsp3) is 0.227. The lowest BCUT2D eigenvalue weighted by atomic mass is 10.1. The summed E-state index contributed by atoms with van der Waals surface area (Å²) in [7, 11) is 0. The van der Waals surface area contributed by atoms with Gasteiger partial charge in [-0.3, -0.25) is 4.79 Å². The van der Waals surface area contributed by atoms with Gasteiger partial charge in [-0.25, -0.2) is 4.79 Å². The van der Waals surface area contributed by atoms with Gasteiger partial charge >= 0.3 is 5.97 Å². The van der Waals surface area contributed by atoms with E-state index in [-0.39, 0.29) is 5.56 Å². The molecule has 144 valence electrons. The maximum Gasteiger partial charge on any atom is 0.344 e. The third kappa shape index (κ3) is 4.11. The Kier molecular flexibility index (Phi) is 5.59. The van der Waals surface area contributed by atoms with Crippen molar-refractivity contribution >= 4 is 17.6 Å². The Morgan fingerprint density at radius 2 is 1.75 bits per heavy atom. The first-order valence-corrected chi connectivity index (χ1v) is 8.93. The van der Waals surface area contributed by atoms with Gasteiger partial charge in [0.25, 0.3) is 5.91 Å². The van der Waals surface area contributed by atoms with E-state index in [0.29, 0.717) is 22.7 Å². The molecule has 0 bridgehead atoms. The van der Waals surface area contributed by atoms with Crippen molar-refractivity contribution in [2.75, 3.05) is 5.32 Å². The van der Waals surface area contributed by atoms with E-state index in [1.807, 2.05) is 38.1 Å². The van der Waals surface area contributed by atoms with Crippen LogP contribution in [0.1, 0.15) is 44.6 Å². The van der Waals surface area contributed by atoms with Gasteiger partial charge in [-0.2, -0.15) is 0 Å². The highest BCUT2D eigenvalue weighted by atomic mass is 16.6. The molecule has 1 N–H and O–H groups in total. The van der Waals surface area contributed by atoms with Gasteiger partial charge in [0.1, 0.15) is 11.3 Å². The highest BCUT2D eigenvalue weighted by Gasteiger charge is 2.29. The Hall–Kier alpha value is -3.41. The number of carbonyl (C=O) groups is 2. The quantitative estimate of drug-likeness (QED) is 0.664. The number of nitrogens with one attached hydrogen (secondary N) is 1. The second kappa shape index (κ2) is 8.08. The summed E-state index contributed by atoms with van der Waals surface area (Å²) in [4.78, 5) is 25.7. The lowest BCUT2D eigenvalue weighted by Gasteiger charge is -2.19. The minimum absolute atomic E-state index is 0.237. The molecular formula is C22H22N2O4. The number of rotatable bonds is 5. The van der Waals surface area contributed by atoms with Crippen molar-refractivity contribution in [3.05, 3.63) is 82.2 Å². The Morgan fingerprint density at radius 3 is 2.39 bits per heavy atom. The number of ether oxygens (including phenoxy) is 1. The monoisotopic (exact) mass is 378 g/mol. The normalized spacial score (nSPS) is 11.7. The van der Waals surface area contributed by atoms with Crippen LogP contribution in [0.15, 0.2) is 53.1 Å². The summed E-state index contributed by atoms with van der Waals surface area (Å²) in [6, 6.07) is 14.7. The Labute approximate surface area is 163 Å². The molecule has 1 atom stereocenters. The molecule has 6 nitrogen and oxygen atoms in total. The van der Waals surface area contributed by atoms with Crippen LogP contribution in [0.25, 0.3) is 0 Å². The summed E-state index contributed by atoms with van der Waals surface area (Å²) in [5.41, 5.74) is 3.85. The number of nitrogens with zero attached hydrogens (tertiary/aromatic N) is 1. The van der Waals surface area contributed by atoms with Gasteiger partial charge in [0.2, 0.25) is 6.10 Å². The van der Waals surface area contributed by atoms with Gasteiger partial charge in [-0.15, -0.1) is 0 Å². The first-order valence-electron chi connectivity index (χ1n) is 8.93. The minimum atomic E-state index is -1.11. The highest BCUT2D eigenvalue weighted by molar-refractivity contribution is 5.99. The molecule has 3 rings (SSSR count). The molecule has 0 unspecified atom stereocenters. The highest BCUT2D eigenvalue weighted by Crippen LogP contribution is 2.25. The molecule has 0 spiro atoms. The molecule has 0 saturated carbocycles. The van der Waals surface area contributed by atoms with Crippen molar-refractivity contribution in [2.24, 2.45) is 0 Å². The fourth-order valence-corrected chi connectivity index (χ4v) is 2.91. The van der Waals surface area contributed by atoms with E-state index in [0.717, 1.165) is 11.1 Å². The van der Waals surface area contributed by atoms with Crippen molar-refractivity contribution in [3.63, 3.8) is 0 Å². The zero-order valence-electron chi connectivity index (χ0n) is 16.3. The van der Waals surface area contributed by atoms with Crippen LogP contribution in [0.5, 0.6) is 0 Å². The van der Waals surface area contributed by atoms with Crippen LogP contribution < -0.4 is 5.32 Å². The van der Waals surface area contributed by atoms with E-state index in [1.54, 1.807) is 38.1 Å². The molecule has 1 amide bonds.